The predicted octanol–water partition coefficient (Wildman–Crippen LogP) is 3.14. The molecule has 1 aromatic heterocycles. The van der Waals surface area contributed by atoms with E-state index in [1.54, 1.807) is 4.90 Å². The maximum atomic E-state index is 12.9. The number of carbonyl (C=O) groups excluding carboxylic acids is 2. The molecule has 0 spiro atoms. The molecule has 7 nitrogen and oxygen atoms in total. The van der Waals surface area contributed by atoms with Crippen molar-refractivity contribution >= 4 is 11.8 Å². The molecule has 0 saturated carbocycles. The van der Waals surface area contributed by atoms with Crippen LogP contribution in [-0.2, 0) is 11.3 Å². The summed E-state index contributed by atoms with van der Waals surface area (Å²) >= 11 is 0. The number of rotatable bonds is 13. The number of aromatic nitrogens is 2. The molecule has 31 heavy (non-hydrogen) atoms. The molecule has 0 saturated heterocycles. The van der Waals surface area contributed by atoms with Gasteiger partial charge in [0.2, 0.25) is 5.91 Å². The normalized spacial score (nSPS) is 11.9. The molecule has 1 heterocycles. The lowest BCUT2D eigenvalue weighted by Gasteiger charge is -2.23. The van der Waals surface area contributed by atoms with Crippen LogP contribution in [0.3, 0.4) is 0 Å². The van der Waals surface area contributed by atoms with Crippen molar-refractivity contribution in [1.29, 1.82) is 0 Å². The molecule has 2 rings (SSSR count). The van der Waals surface area contributed by atoms with Gasteiger partial charge < -0.3 is 15.1 Å². The van der Waals surface area contributed by atoms with Crippen LogP contribution in [-0.4, -0.2) is 63.8 Å². The van der Waals surface area contributed by atoms with Crippen LogP contribution in [0.2, 0.25) is 0 Å². The van der Waals surface area contributed by atoms with Crippen molar-refractivity contribution in [1.82, 2.24) is 25.1 Å². The summed E-state index contributed by atoms with van der Waals surface area (Å²) in [5.74, 6) is -0.266. The maximum absolute atomic E-state index is 12.9. The van der Waals surface area contributed by atoms with Crippen LogP contribution in [0.1, 0.15) is 56.1 Å². The number of hydrogen-bond donors (Lipinski definition) is 1. The molecule has 0 radical (unpaired) electrons. The average molecular weight is 426 g/mol. The van der Waals surface area contributed by atoms with Crippen molar-refractivity contribution in [2.45, 2.75) is 52.6 Å². The van der Waals surface area contributed by atoms with Gasteiger partial charge >= 0.3 is 0 Å². The molecule has 1 atom stereocenters. The minimum Gasteiger partial charge on any atom is -0.354 e. The monoisotopic (exact) mass is 425 g/mol. The summed E-state index contributed by atoms with van der Waals surface area (Å²) in [7, 11) is 0. The highest BCUT2D eigenvalue weighted by molar-refractivity contribution is 5.92. The molecular formula is C24H35N5O2. The number of nitrogens with one attached hydrogen (secondary N) is 1. The van der Waals surface area contributed by atoms with E-state index in [9.17, 15) is 9.59 Å². The van der Waals surface area contributed by atoms with Gasteiger partial charge in [0.1, 0.15) is 5.69 Å². The number of nitrogens with zero attached hydrogens (tertiary/aromatic N) is 4. The van der Waals surface area contributed by atoms with Crippen LogP contribution in [0.25, 0.3) is 0 Å². The summed E-state index contributed by atoms with van der Waals surface area (Å²) in [4.78, 5) is 37.6. The lowest BCUT2D eigenvalue weighted by molar-refractivity contribution is -0.121. The Balaban J connectivity index is 1.88. The zero-order chi connectivity index (χ0) is 22.5. The van der Waals surface area contributed by atoms with Gasteiger partial charge in [-0.15, -0.1) is 0 Å². The Morgan fingerprint density at radius 3 is 2.45 bits per heavy atom. The second-order valence-corrected chi connectivity index (χ2v) is 7.69. The molecule has 0 aliphatic heterocycles. The highest BCUT2D eigenvalue weighted by Gasteiger charge is 2.19. The van der Waals surface area contributed by atoms with Crippen LogP contribution in [0.4, 0.5) is 0 Å². The third-order valence-corrected chi connectivity index (χ3v) is 5.31. The van der Waals surface area contributed by atoms with Crippen LogP contribution in [0, 0.1) is 0 Å². The van der Waals surface area contributed by atoms with Gasteiger partial charge in [0.05, 0.1) is 6.20 Å². The van der Waals surface area contributed by atoms with Crippen molar-refractivity contribution in [3.63, 3.8) is 0 Å². The first-order valence-electron chi connectivity index (χ1n) is 11.1. The lowest BCUT2D eigenvalue weighted by atomic mass is 10.1. The quantitative estimate of drug-likeness (QED) is 0.533. The van der Waals surface area contributed by atoms with Gasteiger partial charge in [0.15, 0.2) is 0 Å². The average Bonchev–Trinajstić information content (AvgIpc) is 2.80. The van der Waals surface area contributed by atoms with E-state index in [0.717, 1.165) is 38.0 Å². The van der Waals surface area contributed by atoms with Gasteiger partial charge in [0.25, 0.3) is 5.91 Å². The first-order valence-corrected chi connectivity index (χ1v) is 11.1. The summed E-state index contributed by atoms with van der Waals surface area (Å²) in [5.41, 5.74) is 1.29. The Kier molecular flexibility index (Phi) is 10.6. The number of carbonyl (C=O) groups is 2. The second-order valence-electron chi connectivity index (χ2n) is 7.69. The van der Waals surface area contributed by atoms with Gasteiger partial charge in [-0.05, 0) is 45.0 Å². The van der Waals surface area contributed by atoms with Crippen molar-refractivity contribution in [3.8, 4) is 0 Å². The summed E-state index contributed by atoms with van der Waals surface area (Å²) < 4.78 is 0. The molecule has 0 fully saturated rings. The first kappa shape index (κ1) is 24.5. The molecular weight excluding hydrogens is 390 g/mol. The van der Waals surface area contributed by atoms with E-state index in [0.29, 0.717) is 13.1 Å². The Hall–Kier alpha value is -2.80. The number of hydrogen-bond acceptors (Lipinski definition) is 5. The smallest absolute Gasteiger partial charge is 0.274 e. The van der Waals surface area contributed by atoms with E-state index in [2.05, 4.69) is 34.0 Å². The van der Waals surface area contributed by atoms with Gasteiger partial charge in [-0.1, -0.05) is 44.2 Å². The largest absolute Gasteiger partial charge is 0.354 e. The fraction of sp³-hybridized carbons (Fsp3) is 0.500. The van der Waals surface area contributed by atoms with Crippen LogP contribution in [0.5, 0.6) is 0 Å². The molecule has 1 unspecified atom stereocenters. The third kappa shape index (κ3) is 8.84. The van der Waals surface area contributed by atoms with Crippen molar-refractivity contribution < 1.29 is 9.59 Å². The van der Waals surface area contributed by atoms with Gasteiger partial charge in [0, 0.05) is 37.9 Å². The first-order chi connectivity index (χ1) is 15.0. The SMILES string of the molecule is CCN(CC)CCCC(C)NC(=O)CCN(Cc1ccccc1)C(=O)c1cnccn1. The van der Waals surface area contributed by atoms with Crippen molar-refractivity contribution in [2.75, 3.05) is 26.2 Å². The summed E-state index contributed by atoms with van der Waals surface area (Å²) in [6.07, 6.45) is 6.73. The Bertz CT molecular complexity index is 781. The number of amides is 2. The molecule has 0 aliphatic rings. The molecule has 1 aromatic carbocycles. The van der Waals surface area contributed by atoms with E-state index in [1.807, 2.05) is 37.3 Å². The fourth-order valence-electron chi connectivity index (χ4n) is 3.44. The Labute approximate surface area is 185 Å². The van der Waals surface area contributed by atoms with Crippen LogP contribution >= 0.6 is 0 Å². The lowest BCUT2D eigenvalue weighted by Crippen LogP contribution is -2.38. The molecule has 168 valence electrons. The summed E-state index contributed by atoms with van der Waals surface area (Å²) in [5, 5.41) is 3.06. The number of benzene rings is 1. The molecule has 7 heteroatoms. The van der Waals surface area contributed by atoms with Gasteiger partial charge in [-0.25, -0.2) is 4.98 Å². The van der Waals surface area contributed by atoms with Crippen molar-refractivity contribution in [3.05, 3.63) is 60.2 Å². The molecule has 2 amide bonds. The van der Waals surface area contributed by atoms with E-state index in [-0.39, 0.29) is 30.0 Å². The second kappa shape index (κ2) is 13.5. The van der Waals surface area contributed by atoms with E-state index >= 15 is 0 Å². The Morgan fingerprint density at radius 2 is 1.81 bits per heavy atom. The van der Waals surface area contributed by atoms with E-state index < -0.39 is 0 Å². The van der Waals surface area contributed by atoms with E-state index in [4.69, 9.17) is 0 Å². The zero-order valence-corrected chi connectivity index (χ0v) is 19.0. The topological polar surface area (TPSA) is 78.4 Å². The molecule has 2 aromatic rings. The van der Waals surface area contributed by atoms with Gasteiger partial charge in [-0.2, -0.15) is 0 Å². The minimum atomic E-state index is -0.225. The summed E-state index contributed by atoms with van der Waals surface area (Å²) in [6.45, 7) is 10.3. The van der Waals surface area contributed by atoms with Crippen LogP contribution in [0.15, 0.2) is 48.9 Å². The van der Waals surface area contributed by atoms with E-state index in [1.165, 1.54) is 18.6 Å². The van der Waals surface area contributed by atoms with Crippen LogP contribution < -0.4 is 5.32 Å². The fourth-order valence-corrected chi connectivity index (χ4v) is 3.44. The highest BCUT2D eigenvalue weighted by atomic mass is 16.2. The highest BCUT2D eigenvalue weighted by Crippen LogP contribution is 2.09. The molecule has 1 N–H and O–H groups in total. The predicted molar refractivity (Wildman–Crippen MR) is 122 cm³/mol. The maximum Gasteiger partial charge on any atom is 0.274 e. The molecule has 0 aliphatic carbocycles. The van der Waals surface area contributed by atoms with Crippen molar-refractivity contribution in [2.24, 2.45) is 0 Å². The standard InChI is InChI=1S/C24H35N5O2/c1-4-28(5-2)16-9-10-20(3)27-23(30)13-17-29(19-21-11-7-6-8-12-21)24(31)22-18-25-14-15-26-22/h6-8,11-12,14-15,18,20H,4-5,9-10,13,16-17,19H2,1-3H3,(H,27,30). The van der Waals surface area contributed by atoms with Gasteiger partial charge in [-0.3, -0.25) is 14.6 Å². The molecule has 0 bridgehead atoms. The zero-order valence-electron chi connectivity index (χ0n) is 19.0. The Morgan fingerprint density at radius 1 is 1.06 bits per heavy atom. The summed E-state index contributed by atoms with van der Waals surface area (Å²) in [6, 6.07) is 9.86. The minimum absolute atomic E-state index is 0.0413. The third-order valence-electron chi connectivity index (χ3n) is 5.31.